The van der Waals surface area contributed by atoms with Crippen molar-refractivity contribution in [3.63, 3.8) is 0 Å². The van der Waals surface area contributed by atoms with Gasteiger partial charge in [-0.25, -0.2) is 9.50 Å². The summed E-state index contributed by atoms with van der Waals surface area (Å²) in [5.41, 5.74) is 6.06. The average Bonchev–Trinajstić information content (AvgIpc) is 3.40. The van der Waals surface area contributed by atoms with Gasteiger partial charge in [0.1, 0.15) is 12.4 Å². The summed E-state index contributed by atoms with van der Waals surface area (Å²) in [5.74, 6) is 0.859. The van der Waals surface area contributed by atoms with Gasteiger partial charge in [-0.05, 0) is 35.4 Å². The molecule has 0 aliphatic rings. The Labute approximate surface area is 174 Å². The average molecular weight is 395 g/mol. The molecule has 0 radical (unpaired) electrons. The maximum absolute atomic E-state index is 5.88. The molecule has 0 atom stereocenters. The highest BCUT2D eigenvalue weighted by Gasteiger charge is 2.09. The number of ether oxygens (including phenoxy) is 1. The predicted octanol–water partition coefficient (Wildman–Crippen LogP) is 4.30. The Hall–Kier alpha value is -3.93. The van der Waals surface area contributed by atoms with E-state index in [1.807, 2.05) is 72.6 Å². The molecular formula is C24H21N5O. The van der Waals surface area contributed by atoms with Crippen LogP contribution in [0, 0.1) is 0 Å². The molecule has 148 valence electrons. The molecule has 0 saturated carbocycles. The highest BCUT2D eigenvalue weighted by molar-refractivity contribution is 5.58. The van der Waals surface area contributed by atoms with Crippen LogP contribution in [0.1, 0.15) is 16.8 Å². The fraction of sp³-hybridized carbons (Fsp3) is 0.125. The lowest BCUT2D eigenvalue weighted by molar-refractivity contribution is 0.306. The van der Waals surface area contributed by atoms with Crippen molar-refractivity contribution in [3.05, 3.63) is 102 Å². The fourth-order valence-corrected chi connectivity index (χ4v) is 3.40. The van der Waals surface area contributed by atoms with Crippen molar-refractivity contribution in [2.75, 3.05) is 0 Å². The summed E-state index contributed by atoms with van der Waals surface area (Å²) in [6.07, 6.45) is 6.40. The lowest BCUT2D eigenvalue weighted by Crippen LogP contribution is -2.00. The van der Waals surface area contributed by atoms with E-state index in [-0.39, 0.29) is 0 Å². The van der Waals surface area contributed by atoms with Gasteiger partial charge in [-0.2, -0.15) is 10.2 Å². The molecule has 5 aromatic rings. The van der Waals surface area contributed by atoms with Crippen LogP contribution in [0.4, 0.5) is 0 Å². The van der Waals surface area contributed by atoms with Crippen LogP contribution < -0.4 is 4.74 Å². The first-order valence-corrected chi connectivity index (χ1v) is 9.83. The minimum absolute atomic E-state index is 0.564. The summed E-state index contributed by atoms with van der Waals surface area (Å²) >= 11 is 0. The molecular weight excluding hydrogens is 374 g/mol. The smallest absolute Gasteiger partial charge is 0.153 e. The highest BCUT2D eigenvalue weighted by atomic mass is 16.5. The molecule has 0 aliphatic heterocycles. The third-order valence-corrected chi connectivity index (χ3v) is 4.99. The van der Waals surface area contributed by atoms with E-state index in [9.17, 15) is 0 Å². The van der Waals surface area contributed by atoms with E-state index in [0.717, 1.165) is 40.3 Å². The largest absolute Gasteiger partial charge is 0.489 e. The Balaban J connectivity index is 1.32. The summed E-state index contributed by atoms with van der Waals surface area (Å²) in [6.45, 7) is 0.564. The number of rotatable bonds is 6. The molecule has 6 heteroatoms. The number of aromatic nitrogens is 5. The molecule has 0 spiro atoms. The monoisotopic (exact) mass is 395 g/mol. The zero-order chi connectivity index (χ0) is 20.3. The molecule has 6 nitrogen and oxygen atoms in total. The van der Waals surface area contributed by atoms with Crippen molar-refractivity contribution < 1.29 is 4.74 Å². The molecule has 3 aromatic heterocycles. The number of hydrogen-bond acceptors (Lipinski definition) is 4. The Morgan fingerprint density at radius 3 is 2.47 bits per heavy atom. The number of benzene rings is 2. The van der Waals surface area contributed by atoms with Crippen LogP contribution in [-0.4, -0.2) is 24.4 Å². The van der Waals surface area contributed by atoms with Gasteiger partial charge in [-0.15, -0.1) is 0 Å². The quantitative estimate of drug-likeness (QED) is 0.430. The summed E-state index contributed by atoms with van der Waals surface area (Å²) in [6, 6.07) is 22.3. The van der Waals surface area contributed by atoms with Gasteiger partial charge in [-0.1, -0.05) is 42.5 Å². The van der Waals surface area contributed by atoms with Crippen LogP contribution in [0.15, 0.2) is 85.3 Å². The SMILES string of the molecule is Cn1cc(-c2ccc3ncc(Cc4ccc(OCc5ccccc5)cc4)n3n2)cn1. The minimum atomic E-state index is 0.564. The number of imidazole rings is 1. The van der Waals surface area contributed by atoms with Crippen molar-refractivity contribution in [1.29, 1.82) is 0 Å². The molecule has 0 bridgehead atoms. The topological polar surface area (TPSA) is 57.2 Å². The number of nitrogens with zero attached hydrogens (tertiary/aromatic N) is 5. The lowest BCUT2D eigenvalue weighted by Gasteiger charge is -2.08. The normalized spacial score (nSPS) is 11.1. The van der Waals surface area contributed by atoms with Gasteiger partial charge in [0.2, 0.25) is 0 Å². The Morgan fingerprint density at radius 1 is 0.867 bits per heavy atom. The second kappa shape index (κ2) is 7.83. The highest BCUT2D eigenvalue weighted by Crippen LogP contribution is 2.20. The van der Waals surface area contributed by atoms with E-state index in [1.165, 1.54) is 5.56 Å². The zero-order valence-electron chi connectivity index (χ0n) is 16.6. The molecule has 0 fully saturated rings. The van der Waals surface area contributed by atoms with E-state index < -0.39 is 0 Å². The van der Waals surface area contributed by atoms with Gasteiger partial charge in [0.15, 0.2) is 5.65 Å². The molecule has 0 saturated heterocycles. The summed E-state index contributed by atoms with van der Waals surface area (Å²) in [7, 11) is 1.90. The summed E-state index contributed by atoms with van der Waals surface area (Å²) < 4.78 is 9.56. The Bertz CT molecular complexity index is 1270. The molecule has 0 unspecified atom stereocenters. The van der Waals surface area contributed by atoms with E-state index >= 15 is 0 Å². The maximum Gasteiger partial charge on any atom is 0.153 e. The van der Waals surface area contributed by atoms with Crippen molar-refractivity contribution in [2.24, 2.45) is 7.05 Å². The molecule has 3 heterocycles. The van der Waals surface area contributed by atoms with Gasteiger partial charge >= 0.3 is 0 Å². The summed E-state index contributed by atoms with van der Waals surface area (Å²) in [4.78, 5) is 4.49. The molecule has 30 heavy (non-hydrogen) atoms. The second-order valence-electron chi connectivity index (χ2n) is 7.24. The van der Waals surface area contributed by atoms with Crippen molar-refractivity contribution in [2.45, 2.75) is 13.0 Å². The number of fused-ring (bicyclic) bond motifs is 1. The van der Waals surface area contributed by atoms with Crippen LogP contribution in [-0.2, 0) is 20.1 Å². The Kier molecular flexibility index (Phi) is 4.73. The molecule has 2 aromatic carbocycles. The van der Waals surface area contributed by atoms with E-state index in [1.54, 1.807) is 4.68 Å². The van der Waals surface area contributed by atoms with Gasteiger partial charge in [0, 0.05) is 25.2 Å². The number of hydrogen-bond donors (Lipinski definition) is 0. The zero-order valence-corrected chi connectivity index (χ0v) is 16.6. The first-order chi connectivity index (χ1) is 14.7. The molecule has 5 rings (SSSR count). The second-order valence-corrected chi connectivity index (χ2v) is 7.24. The van der Waals surface area contributed by atoms with E-state index in [4.69, 9.17) is 9.84 Å². The minimum Gasteiger partial charge on any atom is -0.489 e. The van der Waals surface area contributed by atoms with Crippen LogP contribution in [0.25, 0.3) is 16.9 Å². The van der Waals surface area contributed by atoms with Crippen LogP contribution in [0.2, 0.25) is 0 Å². The van der Waals surface area contributed by atoms with Crippen LogP contribution >= 0.6 is 0 Å². The first-order valence-electron chi connectivity index (χ1n) is 9.83. The third-order valence-electron chi connectivity index (χ3n) is 4.99. The fourth-order valence-electron chi connectivity index (χ4n) is 3.40. The van der Waals surface area contributed by atoms with Gasteiger partial charge < -0.3 is 4.74 Å². The van der Waals surface area contributed by atoms with Crippen LogP contribution in [0.3, 0.4) is 0 Å². The van der Waals surface area contributed by atoms with Crippen molar-refractivity contribution in [3.8, 4) is 17.0 Å². The van der Waals surface area contributed by atoms with Gasteiger partial charge in [0.25, 0.3) is 0 Å². The molecule has 0 amide bonds. The van der Waals surface area contributed by atoms with Crippen molar-refractivity contribution >= 4 is 5.65 Å². The number of aryl methyl sites for hydroxylation is 1. The van der Waals surface area contributed by atoms with Crippen molar-refractivity contribution in [1.82, 2.24) is 24.4 Å². The predicted molar refractivity (Wildman–Crippen MR) is 115 cm³/mol. The first kappa shape index (κ1) is 18.1. The molecule has 0 N–H and O–H groups in total. The van der Waals surface area contributed by atoms with Crippen LogP contribution in [0.5, 0.6) is 5.75 Å². The molecule has 0 aliphatic carbocycles. The maximum atomic E-state index is 5.88. The third kappa shape index (κ3) is 3.80. The van der Waals surface area contributed by atoms with Gasteiger partial charge in [-0.3, -0.25) is 4.68 Å². The Morgan fingerprint density at radius 2 is 1.70 bits per heavy atom. The van der Waals surface area contributed by atoms with Gasteiger partial charge in [0.05, 0.1) is 23.8 Å². The van der Waals surface area contributed by atoms with E-state index in [2.05, 4.69) is 34.3 Å². The summed E-state index contributed by atoms with van der Waals surface area (Å²) in [5, 5.41) is 9.01. The van der Waals surface area contributed by atoms with E-state index in [0.29, 0.717) is 6.61 Å². The lowest BCUT2D eigenvalue weighted by atomic mass is 10.1. The standard InChI is InChI=1S/C24H21N5O/c1-28-16-20(14-26-28)23-11-12-24-25-15-21(29(24)27-23)13-18-7-9-22(10-8-18)30-17-19-5-3-2-4-6-19/h2-12,14-16H,13,17H2,1H3.